The largest absolute Gasteiger partial charge is 0.461 e. The molecule has 0 radical (unpaired) electrons. The molecule has 2 aliphatic rings. The van der Waals surface area contributed by atoms with Crippen LogP contribution < -0.4 is 5.73 Å². The molecule has 1 aromatic carbocycles. The first-order valence-corrected chi connectivity index (χ1v) is 10.5. The first-order valence-electron chi connectivity index (χ1n) is 10.5. The number of hydrogen-bond donors (Lipinski definition) is 1. The van der Waals surface area contributed by atoms with Gasteiger partial charge in [-0.2, -0.15) is 5.26 Å². The van der Waals surface area contributed by atoms with E-state index in [1.807, 2.05) is 43.3 Å². The van der Waals surface area contributed by atoms with Crippen LogP contribution in [-0.4, -0.2) is 22.6 Å². The number of fused-ring (bicyclic) bond motifs is 1. The molecule has 6 atom stereocenters. The van der Waals surface area contributed by atoms with Gasteiger partial charge in [0.05, 0.1) is 17.3 Å². The number of nitrogens with zero attached hydrogens (tertiary/aromatic N) is 2. The van der Waals surface area contributed by atoms with E-state index in [1.54, 1.807) is 12.3 Å². The van der Waals surface area contributed by atoms with Gasteiger partial charge in [-0.15, -0.1) is 0 Å². The summed E-state index contributed by atoms with van der Waals surface area (Å²) in [5.41, 5.74) is 8.92. The Labute approximate surface area is 177 Å². The Kier molecular flexibility index (Phi) is 5.21. The maximum atomic E-state index is 12.4. The highest BCUT2D eigenvalue weighted by molar-refractivity contribution is 5.84. The van der Waals surface area contributed by atoms with Crippen molar-refractivity contribution < 1.29 is 9.53 Å². The van der Waals surface area contributed by atoms with Crippen molar-refractivity contribution in [2.24, 2.45) is 29.4 Å². The standard InChI is InChI=1S/C25H27N3O2/c1-15-12-25(27)23(17(3)30-24(25)29)21(16(15)2)11-10-20-9-8-19(14-28-20)22-7-5-4-6-18(22)13-26/h4-11,14-17,21,23H,12,27H2,1-3H3/t15-,16+,17+,21-,23-,25-/m0/s1. The number of nitriles is 1. The molecule has 1 saturated heterocycles. The minimum atomic E-state index is -0.904. The number of pyridine rings is 1. The molecule has 0 spiro atoms. The lowest BCUT2D eigenvalue weighted by Gasteiger charge is -2.45. The SMILES string of the molecule is C[C@H]1[C@H](C=Cc2ccc(-c3ccccc3C#N)cn2)[C@@H]2[C@@H](C)OC(=O)[C@]2(N)C[C@@H]1C. The second kappa shape index (κ2) is 7.70. The summed E-state index contributed by atoms with van der Waals surface area (Å²) in [6.07, 6.45) is 6.43. The summed E-state index contributed by atoms with van der Waals surface area (Å²) < 4.78 is 5.54. The maximum Gasteiger partial charge on any atom is 0.326 e. The minimum absolute atomic E-state index is 0.0331. The monoisotopic (exact) mass is 401 g/mol. The number of carbonyl (C=O) groups is 1. The van der Waals surface area contributed by atoms with Crippen molar-refractivity contribution in [3.63, 3.8) is 0 Å². The van der Waals surface area contributed by atoms with Crippen molar-refractivity contribution in [1.29, 1.82) is 5.26 Å². The average molecular weight is 402 g/mol. The number of esters is 1. The van der Waals surface area contributed by atoms with Gasteiger partial charge in [0.1, 0.15) is 11.6 Å². The van der Waals surface area contributed by atoms with Crippen LogP contribution in [0.15, 0.2) is 48.7 Å². The molecule has 5 heteroatoms. The highest BCUT2D eigenvalue weighted by Gasteiger charge is 2.60. The van der Waals surface area contributed by atoms with E-state index in [0.29, 0.717) is 23.8 Å². The molecule has 1 aliphatic heterocycles. The van der Waals surface area contributed by atoms with Gasteiger partial charge in [-0.25, -0.2) is 0 Å². The molecule has 4 rings (SSSR count). The van der Waals surface area contributed by atoms with Gasteiger partial charge >= 0.3 is 5.97 Å². The van der Waals surface area contributed by atoms with Crippen LogP contribution in [0.25, 0.3) is 17.2 Å². The van der Waals surface area contributed by atoms with Crippen molar-refractivity contribution in [3.05, 3.63) is 59.9 Å². The number of nitrogens with two attached hydrogens (primary N) is 1. The number of cyclic esters (lactones) is 1. The molecule has 1 saturated carbocycles. The number of rotatable bonds is 3. The molecule has 2 N–H and O–H groups in total. The van der Waals surface area contributed by atoms with E-state index in [9.17, 15) is 10.1 Å². The Morgan fingerprint density at radius 2 is 2.00 bits per heavy atom. The van der Waals surface area contributed by atoms with Gasteiger partial charge in [0.25, 0.3) is 0 Å². The summed E-state index contributed by atoms with van der Waals surface area (Å²) in [5, 5.41) is 9.32. The van der Waals surface area contributed by atoms with E-state index in [-0.39, 0.29) is 23.9 Å². The molecule has 1 aliphatic carbocycles. The van der Waals surface area contributed by atoms with Crippen LogP contribution >= 0.6 is 0 Å². The Morgan fingerprint density at radius 1 is 1.23 bits per heavy atom. The summed E-state index contributed by atoms with van der Waals surface area (Å²) >= 11 is 0. The molecule has 0 bridgehead atoms. The van der Waals surface area contributed by atoms with Crippen LogP contribution in [0.1, 0.15) is 38.4 Å². The van der Waals surface area contributed by atoms with Gasteiger partial charge in [-0.1, -0.05) is 44.2 Å². The number of hydrogen-bond acceptors (Lipinski definition) is 5. The van der Waals surface area contributed by atoms with Crippen LogP contribution in [-0.2, 0) is 9.53 Å². The molecule has 2 fully saturated rings. The van der Waals surface area contributed by atoms with Crippen molar-refractivity contribution in [3.8, 4) is 17.2 Å². The highest BCUT2D eigenvalue weighted by Crippen LogP contribution is 2.50. The van der Waals surface area contributed by atoms with Crippen molar-refractivity contribution >= 4 is 12.0 Å². The predicted molar refractivity (Wildman–Crippen MR) is 116 cm³/mol. The Morgan fingerprint density at radius 3 is 2.70 bits per heavy atom. The molecule has 30 heavy (non-hydrogen) atoms. The van der Waals surface area contributed by atoms with Crippen molar-refractivity contribution in [1.82, 2.24) is 4.98 Å². The smallest absolute Gasteiger partial charge is 0.326 e. The zero-order chi connectivity index (χ0) is 21.5. The Hall–Kier alpha value is -2.97. The number of benzene rings is 1. The average Bonchev–Trinajstić information content (AvgIpc) is 2.97. The maximum absolute atomic E-state index is 12.4. The fourth-order valence-electron chi connectivity index (χ4n) is 5.21. The topological polar surface area (TPSA) is 89.0 Å². The van der Waals surface area contributed by atoms with E-state index in [1.165, 1.54) is 0 Å². The van der Waals surface area contributed by atoms with E-state index < -0.39 is 5.54 Å². The molecule has 0 unspecified atom stereocenters. The van der Waals surface area contributed by atoms with E-state index in [0.717, 1.165) is 16.8 Å². The molecule has 2 heterocycles. The molecule has 5 nitrogen and oxygen atoms in total. The van der Waals surface area contributed by atoms with Crippen LogP contribution in [0, 0.1) is 35.0 Å². The van der Waals surface area contributed by atoms with Crippen LogP contribution in [0.4, 0.5) is 0 Å². The summed E-state index contributed by atoms with van der Waals surface area (Å²) in [4.78, 5) is 17.0. The third-order valence-corrected chi connectivity index (χ3v) is 6.99. The second-order valence-corrected chi connectivity index (χ2v) is 8.78. The zero-order valence-corrected chi connectivity index (χ0v) is 17.6. The quantitative estimate of drug-likeness (QED) is 0.779. The Balaban J connectivity index is 1.60. The summed E-state index contributed by atoms with van der Waals surface area (Å²) in [6, 6.07) is 13.7. The molecular weight excluding hydrogens is 374 g/mol. The van der Waals surface area contributed by atoms with Crippen LogP contribution in [0.3, 0.4) is 0 Å². The Bertz CT molecular complexity index is 1020. The van der Waals surface area contributed by atoms with Gasteiger partial charge < -0.3 is 10.5 Å². The summed E-state index contributed by atoms with van der Waals surface area (Å²) in [6.45, 7) is 6.33. The lowest BCUT2D eigenvalue weighted by atomic mass is 9.59. The predicted octanol–water partition coefficient (Wildman–Crippen LogP) is 4.18. The normalized spacial score (nSPS) is 33.2. The number of allylic oxidation sites excluding steroid dienone is 1. The first-order chi connectivity index (χ1) is 14.3. The molecule has 1 aromatic heterocycles. The fraction of sp³-hybridized carbons (Fsp3) is 0.400. The third kappa shape index (κ3) is 3.32. The lowest BCUT2D eigenvalue weighted by molar-refractivity contribution is -0.145. The molecular formula is C25H27N3O2. The van der Waals surface area contributed by atoms with Crippen molar-refractivity contribution in [2.45, 2.75) is 38.8 Å². The van der Waals surface area contributed by atoms with Crippen LogP contribution in [0.2, 0.25) is 0 Å². The summed E-state index contributed by atoms with van der Waals surface area (Å²) in [5.74, 6) is 0.559. The van der Waals surface area contributed by atoms with Gasteiger partial charge in [-0.3, -0.25) is 9.78 Å². The molecule has 154 valence electrons. The zero-order valence-electron chi connectivity index (χ0n) is 17.6. The summed E-state index contributed by atoms with van der Waals surface area (Å²) in [7, 11) is 0. The second-order valence-electron chi connectivity index (χ2n) is 8.78. The molecule has 2 aromatic rings. The number of carbonyl (C=O) groups excluding carboxylic acids is 1. The van der Waals surface area contributed by atoms with E-state index >= 15 is 0 Å². The fourth-order valence-corrected chi connectivity index (χ4v) is 5.21. The van der Waals surface area contributed by atoms with Crippen molar-refractivity contribution in [2.75, 3.05) is 0 Å². The van der Waals surface area contributed by atoms with E-state index in [2.05, 4.69) is 31.0 Å². The van der Waals surface area contributed by atoms with Gasteiger partial charge in [0.15, 0.2) is 0 Å². The van der Waals surface area contributed by atoms with Gasteiger partial charge in [0, 0.05) is 23.2 Å². The molecule has 0 amide bonds. The third-order valence-electron chi connectivity index (χ3n) is 6.99. The highest BCUT2D eigenvalue weighted by atomic mass is 16.6. The first kappa shape index (κ1) is 20.3. The number of ether oxygens (including phenoxy) is 1. The lowest BCUT2D eigenvalue weighted by Crippen LogP contribution is -2.58. The van der Waals surface area contributed by atoms with Gasteiger partial charge in [-0.05, 0) is 49.3 Å². The minimum Gasteiger partial charge on any atom is -0.461 e. The van der Waals surface area contributed by atoms with E-state index in [4.69, 9.17) is 10.5 Å². The van der Waals surface area contributed by atoms with Crippen LogP contribution in [0.5, 0.6) is 0 Å². The van der Waals surface area contributed by atoms with Gasteiger partial charge in [0.2, 0.25) is 0 Å². The number of aromatic nitrogens is 1.